The molecule has 0 saturated heterocycles. The van der Waals surface area contributed by atoms with E-state index in [1.54, 1.807) is 0 Å². The topological polar surface area (TPSA) is 227 Å². The van der Waals surface area contributed by atoms with E-state index >= 15 is 0 Å². The summed E-state index contributed by atoms with van der Waals surface area (Å²) in [7, 11) is -1.10. The monoisotopic (exact) mass is 718 g/mol. The average molecular weight is 719 g/mol. The Kier molecular flexibility index (Phi) is 11.5. The van der Waals surface area contributed by atoms with Crippen molar-refractivity contribution in [3.8, 4) is 17.2 Å². The number of anilines is 1. The van der Waals surface area contributed by atoms with E-state index in [4.69, 9.17) is 34.5 Å². The molecule has 274 valence electrons. The Labute approximate surface area is 291 Å². The second kappa shape index (κ2) is 15.3. The van der Waals surface area contributed by atoms with Gasteiger partial charge in [0.25, 0.3) is 5.91 Å². The number of nitrogens with two attached hydrogens (primary N) is 2. The highest BCUT2D eigenvalue weighted by molar-refractivity contribution is 7.48. The summed E-state index contributed by atoms with van der Waals surface area (Å²) in [6.45, 7) is 2.22. The first-order valence-electron chi connectivity index (χ1n) is 16.9. The van der Waals surface area contributed by atoms with Crippen LogP contribution in [0.2, 0.25) is 0 Å². The fraction of sp³-hybridized carbons (Fsp3) is 0.571. The minimum absolute atomic E-state index is 0.0586. The molecule has 0 bridgehead atoms. The lowest BCUT2D eigenvalue weighted by Gasteiger charge is -2.50. The van der Waals surface area contributed by atoms with Crippen LogP contribution in [0.25, 0.3) is 0 Å². The third kappa shape index (κ3) is 7.79. The number of fused-ring (bicyclic) bond motifs is 5. The van der Waals surface area contributed by atoms with Crippen molar-refractivity contribution < 1.29 is 57.3 Å². The lowest BCUT2D eigenvalue weighted by Crippen LogP contribution is -2.45. The fourth-order valence-corrected chi connectivity index (χ4v) is 8.93. The molecule has 7 N–H and O–H groups in total. The number of ether oxygens (including phenoxy) is 2. The average Bonchev–Trinajstić information content (AvgIpc) is 3.42. The number of primary amides is 1. The summed E-state index contributed by atoms with van der Waals surface area (Å²) in [5, 5.41) is 30.9. The highest BCUT2D eigenvalue weighted by Gasteiger charge is 2.56. The molecule has 0 radical (unpaired) electrons. The minimum atomic E-state index is -3.66. The Morgan fingerprint density at radius 2 is 1.66 bits per heavy atom. The standard InChI is InChI=1S/C35H47N2O12P/c1-35-17-16-22-21-7-5-20(49-50(44,45-2)46-3)18-19(21)4-6-23(22)24(35)8-13-29(35)48-31(41)15-11-27(39)26(38)10-14-30(40)47-28-12-9-25(36)33(42)32(28)34(37)43/h5,7,9,12,18,22-24,26-27,29,38-39,42H,4,6,8,10-11,13-17,36H2,1-3H3,(H2,37,43). The van der Waals surface area contributed by atoms with Gasteiger partial charge in [-0.15, -0.1) is 0 Å². The predicted molar refractivity (Wildman–Crippen MR) is 180 cm³/mol. The number of phosphoric acid groups is 1. The maximum absolute atomic E-state index is 13.0. The number of aliphatic hydroxyl groups is 2. The molecule has 0 aromatic heterocycles. The number of phenols is 1. The summed E-state index contributed by atoms with van der Waals surface area (Å²) >= 11 is 0. The molecule has 3 aliphatic carbocycles. The molecule has 14 nitrogen and oxygen atoms in total. The number of hydrogen-bond donors (Lipinski definition) is 5. The second-order valence-corrected chi connectivity index (χ2v) is 15.5. The van der Waals surface area contributed by atoms with E-state index in [-0.39, 0.29) is 48.6 Å². The SMILES string of the molecule is COP(=O)(OC)Oc1ccc2c(c1)CCC1C2CCC2(C)C(OC(=O)CCC(O)C(O)CCC(=O)Oc3ccc(N)c(O)c3C(N)=O)CCC12. The van der Waals surface area contributed by atoms with Crippen molar-refractivity contribution in [2.24, 2.45) is 23.0 Å². The van der Waals surface area contributed by atoms with Crippen LogP contribution in [0.4, 0.5) is 5.69 Å². The number of nitrogen functional groups attached to an aromatic ring is 1. The highest BCUT2D eigenvalue weighted by atomic mass is 31.2. The maximum Gasteiger partial charge on any atom is 0.529 e. The fourth-order valence-electron chi connectivity index (χ4n) is 8.26. The van der Waals surface area contributed by atoms with Crippen LogP contribution in [0.1, 0.15) is 92.1 Å². The zero-order valence-corrected chi connectivity index (χ0v) is 29.4. The number of aryl methyl sites for hydroxylation is 1. The predicted octanol–water partition coefficient (Wildman–Crippen LogP) is 4.51. The van der Waals surface area contributed by atoms with Gasteiger partial charge in [-0.05, 0) is 105 Å². The Bertz CT molecular complexity index is 1640. The molecular weight excluding hydrogens is 671 g/mol. The number of benzene rings is 2. The van der Waals surface area contributed by atoms with Gasteiger partial charge >= 0.3 is 19.8 Å². The minimum Gasteiger partial charge on any atom is -0.505 e. The summed E-state index contributed by atoms with van der Waals surface area (Å²) in [4.78, 5) is 37.0. The Morgan fingerprint density at radius 1 is 0.980 bits per heavy atom. The number of phosphoric ester groups is 1. The molecule has 2 aromatic carbocycles. The van der Waals surface area contributed by atoms with Gasteiger partial charge < -0.3 is 40.8 Å². The molecule has 0 spiro atoms. The molecule has 2 aromatic rings. The van der Waals surface area contributed by atoms with Gasteiger partial charge in [0.05, 0.1) is 17.9 Å². The maximum atomic E-state index is 13.0. The molecule has 1 amide bonds. The van der Waals surface area contributed by atoms with Crippen molar-refractivity contribution in [1.29, 1.82) is 0 Å². The van der Waals surface area contributed by atoms with Gasteiger partial charge in [0.15, 0.2) is 5.75 Å². The van der Waals surface area contributed by atoms with Gasteiger partial charge in [-0.25, -0.2) is 4.57 Å². The number of hydrogen-bond acceptors (Lipinski definition) is 13. The van der Waals surface area contributed by atoms with Gasteiger partial charge in [0.2, 0.25) is 0 Å². The molecule has 7 atom stereocenters. The Hall–Kier alpha value is -3.68. The molecule has 15 heteroatoms. The number of carbonyl (C=O) groups is 3. The third-order valence-electron chi connectivity index (χ3n) is 10.9. The van der Waals surface area contributed by atoms with E-state index in [0.717, 1.165) is 38.5 Å². The van der Waals surface area contributed by atoms with Gasteiger partial charge in [-0.1, -0.05) is 13.0 Å². The van der Waals surface area contributed by atoms with Crippen LogP contribution in [0, 0.1) is 17.3 Å². The molecule has 0 heterocycles. The molecule has 5 rings (SSSR count). The zero-order valence-electron chi connectivity index (χ0n) is 28.5. The third-order valence-corrected chi connectivity index (χ3v) is 12.3. The van der Waals surface area contributed by atoms with E-state index in [0.29, 0.717) is 23.5 Å². The summed E-state index contributed by atoms with van der Waals surface area (Å²) in [6.07, 6.45) is 1.88. The number of amides is 1. The van der Waals surface area contributed by atoms with Crippen molar-refractivity contribution in [2.75, 3.05) is 20.0 Å². The molecule has 7 unspecified atom stereocenters. The van der Waals surface area contributed by atoms with Gasteiger partial charge in [0.1, 0.15) is 23.2 Å². The summed E-state index contributed by atoms with van der Waals surface area (Å²) < 4.78 is 39.0. The van der Waals surface area contributed by atoms with Crippen LogP contribution in [-0.4, -0.2) is 65.7 Å². The van der Waals surface area contributed by atoms with Crippen molar-refractivity contribution >= 4 is 31.4 Å². The smallest absolute Gasteiger partial charge is 0.505 e. The highest BCUT2D eigenvalue weighted by Crippen LogP contribution is 2.62. The molecule has 0 aliphatic heterocycles. The molecule has 3 aliphatic rings. The van der Waals surface area contributed by atoms with Crippen molar-refractivity contribution in [2.45, 2.75) is 95.4 Å². The second-order valence-electron chi connectivity index (χ2n) is 13.7. The first kappa shape index (κ1) is 37.6. The largest absolute Gasteiger partial charge is 0.529 e. The lowest BCUT2D eigenvalue weighted by molar-refractivity contribution is -0.158. The van der Waals surface area contributed by atoms with E-state index < -0.39 is 49.2 Å². The quantitative estimate of drug-likeness (QED) is 0.0596. The first-order chi connectivity index (χ1) is 23.7. The Balaban J connectivity index is 1.10. The summed E-state index contributed by atoms with van der Waals surface area (Å²) in [5.74, 6) is -1.56. The molecule has 50 heavy (non-hydrogen) atoms. The lowest BCUT2D eigenvalue weighted by atomic mass is 9.55. The molecule has 2 fully saturated rings. The van der Waals surface area contributed by atoms with Gasteiger partial charge in [-0.2, -0.15) is 0 Å². The van der Waals surface area contributed by atoms with E-state index in [2.05, 4.69) is 13.0 Å². The normalized spacial score (nSPS) is 25.4. The van der Waals surface area contributed by atoms with Crippen LogP contribution >= 0.6 is 7.82 Å². The number of rotatable bonds is 14. The summed E-state index contributed by atoms with van der Waals surface area (Å²) in [6, 6.07) is 8.26. The molecular formula is C35H47N2O12P. The van der Waals surface area contributed by atoms with Gasteiger partial charge in [0, 0.05) is 32.5 Å². The number of carbonyl (C=O) groups excluding carboxylic acids is 3. The van der Waals surface area contributed by atoms with E-state index in [1.165, 1.54) is 37.5 Å². The Morgan fingerprint density at radius 3 is 2.32 bits per heavy atom. The first-order valence-corrected chi connectivity index (χ1v) is 18.4. The number of aromatic hydroxyl groups is 1. The van der Waals surface area contributed by atoms with Gasteiger partial charge in [-0.3, -0.25) is 23.4 Å². The number of esters is 2. The zero-order chi connectivity index (χ0) is 36.4. The van der Waals surface area contributed by atoms with Crippen LogP contribution in [0.15, 0.2) is 30.3 Å². The van der Waals surface area contributed by atoms with Crippen LogP contribution < -0.4 is 20.7 Å². The van der Waals surface area contributed by atoms with E-state index in [9.17, 15) is 34.3 Å². The van der Waals surface area contributed by atoms with Crippen molar-refractivity contribution in [3.63, 3.8) is 0 Å². The van der Waals surface area contributed by atoms with E-state index in [1.807, 2.05) is 12.1 Å². The van der Waals surface area contributed by atoms with Crippen molar-refractivity contribution in [3.05, 3.63) is 47.0 Å². The van der Waals surface area contributed by atoms with Crippen LogP contribution in [0.3, 0.4) is 0 Å². The van der Waals surface area contributed by atoms with Crippen LogP contribution in [-0.2, 0) is 34.4 Å². The number of aliphatic hydroxyl groups excluding tert-OH is 2. The van der Waals surface area contributed by atoms with Crippen molar-refractivity contribution in [1.82, 2.24) is 0 Å². The molecule has 2 saturated carbocycles. The van der Waals surface area contributed by atoms with Crippen LogP contribution in [0.5, 0.6) is 17.2 Å². The summed E-state index contributed by atoms with van der Waals surface area (Å²) in [5.41, 5.74) is 12.6.